The van der Waals surface area contributed by atoms with Crippen LogP contribution in [0.5, 0.6) is 0 Å². The molecule has 2 rings (SSSR count). The summed E-state index contributed by atoms with van der Waals surface area (Å²) in [6.45, 7) is 0. The maximum atomic E-state index is 11.7. The van der Waals surface area contributed by atoms with Crippen LogP contribution in [-0.4, -0.2) is 32.6 Å². The lowest BCUT2D eigenvalue weighted by atomic mass is 9.95. The van der Waals surface area contributed by atoms with Gasteiger partial charge in [0.25, 0.3) is 5.54 Å². The number of rotatable bonds is 2. The molecule has 0 aliphatic carbocycles. The monoisotopic (exact) mass is 271 g/mol. The molecule has 0 bridgehead atoms. The van der Waals surface area contributed by atoms with Crippen LogP contribution in [0.2, 0.25) is 0 Å². The quantitative estimate of drug-likeness (QED) is 0.749. The Hall–Kier alpha value is -2.82. The lowest BCUT2D eigenvalue weighted by Crippen LogP contribution is -2.56. The third-order valence-corrected chi connectivity index (χ3v) is 2.97. The number of fused-ring (bicyclic) bond motifs is 1. The van der Waals surface area contributed by atoms with Gasteiger partial charge in [0.1, 0.15) is 0 Å². The number of nitrogens with zero attached hydrogens (tertiary/aromatic N) is 1. The summed E-state index contributed by atoms with van der Waals surface area (Å²) < 4.78 is 0. The zero-order chi connectivity index (χ0) is 14.6. The van der Waals surface area contributed by atoms with Crippen molar-refractivity contribution in [3.8, 4) is 0 Å². The second-order valence-electron chi connectivity index (χ2n) is 4.17. The van der Waals surface area contributed by atoms with Crippen molar-refractivity contribution in [1.82, 2.24) is 4.90 Å². The van der Waals surface area contributed by atoms with Crippen LogP contribution in [0.4, 0.5) is 0 Å². The summed E-state index contributed by atoms with van der Waals surface area (Å²) in [4.78, 5) is 24.5. The van der Waals surface area contributed by atoms with E-state index in [2.05, 4.69) is 0 Å². The van der Waals surface area contributed by atoms with Crippen molar-refractivity contribution in [2.45, 2.75) is 5.54 Å². The van der Waals surface area contributed by atoms with Gasteiger partial charge in [-0.05, 0) is 24.3 Å². The van der Waals surface area contributed by atoms with Crippen LogP contribution in [-0.2, 0) is 9.59 Å². The lowest BCUT2D eigenvalue weighted by Gasteiger charge is -2.34. The molecule has 0 aromatic carbocycles. The van der Waals surface area contributed by atoms with Crippen molar-refractivity contribution in [3.63, 3.8) is 0 Å². The summed E-state index contributed by atoms with van der Waals surface area (Å²) in [6.07, 6.45) is 17.4. The molecule has 0 saturated carbocycles. The van der Waals surface area contributed by atoms with Gasteiger partial charge in [-0.1, -0.05) is 36.5 Å². The number of aliphatic carboxylic acids is 2. The molecule has 0 unspecified atom stereocenters. The van der Waals surface area contributed by atoms with E-state index in [-0.39, 0.29) is 0 Å². The van der Waals surface area contributed by atoms with Gasteiger partial charge in [0.15, 0.2) is 0 Å². The second-order valence-corrected chi connectivity index (χ2v) is 4.17. The van der Waals surface area contributed by atoms with Crippen LogP contribution < -0.4 is 0 Å². The lowest BCUT2D eigenvalue weighted by molar-refractivity contribution is -0.160. The first-order valence-corrected chi connectivity index (χ1v) is 5.93. The minimum Gasteiger partial charge on any atom is -0.479 e. The summed E-state index contributed by atoms with van der Waals surface area (Å²) in [6, 6.07) is 0. The van der Waals surface area contributed by atoms with Gasteiger partial charge in [-0.25, -0.2) is 9.59 Å². The van der Waals surface area contributed by atoms with Crippen LogP contribution in [0.25, 0.3) is 0 Å². The zero-order valence-electron chi connectivity index (χ0n) is 10.5. The molecular weight excluding hydrogens is 258 g/mol. The van der Waals surface area contributed by atoms with E-state index < -0.39 is 17.5 Å². The van der Waals surface area contributed by atoms with Crippen molar-refractivity contribution in [2.24, 2.45) is 0 Å². The van der Waals surface area contributed by atoms with Crippen LogP contribution in [0, 0.1) is 0 Å². The van der Waals surface area contributed by atoms with Crippen LogP contribution in [0.3, 0.4) is 0 Å². The molecule has 2 heterocycles. The maximum absolute atomic E-state index is 11.7. The molecule has 5 heteroatoms. The fraction of sp³-hybridized carbons (Fsp3) is 0.0667. The van der Waals surface area contributed by atoms with Gasteiger partial charge in [-0.3, -0.25) is 0 Å². The molecule has 0 spiro atoms. The summed E-state index contributed by atoms with van der Waals surface area (Å²) in [5.74, 6) is -2.91. The number of carboxylic acids is 2. The van der Waals surface area contributed by atoms with E-state index in [0.29, 0.717) is 5.70 Å². The minimum absolute atomic E-state index is 0.469. The van der Waals surface area contributed by atoms with Crippen LogP contribution in [0.15, 0.2) is 72.7 Å². The molecular formula is C15H13NO4. The zero-order valence-corrected chi connectivity index (χ0v) is 10.5. The first kappa shape index (κ1) is 13.6. The summed E-state index contributed by atoms with van der Waals surface area (Å²) in [5, 5.41) is 19.0. The highest BCUT2D eigenvalue weighted by Crippen LogP contribution is 2.27. The Labute approximate surface area is 115 Å². The molecule has 102 valence electrons. The van der Waals surface area contributed by atoms with Crippen molar-refractivity contribution in [2.75, 3.05) is 0 Å². The van der Waals surface area contributed by atoms with E-state index in [9.17, 15) is 19.8 Å². The summed E-state index contributed by atoms with van der Waals surface area (Å²) in [5.41, 5.74) is -1.72. The standard InChI is InChI=1S/C15H13NO4/c17-13(18)15(14(19)20)10-6-2-1-4-8-12-9-5-3-7-11-16(12)15/h1-11H,(H,17,18)(H,19,20). The highest BCUT2D eigenvalue weighted by molar-refractivity contribution is 6.06. The van der Waals surface area contributed by atoms with E-state index in [1.807, 2.05) is 0 Å². The van der Waals surface area contributed by atoms with Crippen molar-refractivity contribution >= 4 is 11.9 Å². The van der Waals surface area contributed by atoms with Crippen LogP contribution >= 0.6 is 0 Å². The van der Waals surface area contributed by atoms with Crippen LogP contribution in [0.1, 0.15) is 0 Å². The van der Waals surface area contributed by atoms with Gasteiger partial charge in [-0.2, -0.15) is 0 Å². The van der Waals surface area contributed by atoms with Gasteiger partial charge < -0.3 is 15.1 Å². The predicted molar refractivity (Wildman–Crippen MR) is 73.6 cm³/mol. The number of allylic oxidation sites excluding steroid dienone is 9. The number of carboxylic acid groups (broad SMARTS) is 2. The van der Waals surface area contributed by atoms with Gasteiger partial charge in [0, 0.05) is 11.9 Å². The molecule has 20 heavy (non-hydrogen) atoms. The first-order chi connectivity index (χ1) is 9.59. The molecule has 0 aromatic heterocycles. The Kier molecular flexibility index (Phi) is 3.70. The molecule has 0 aromatic rings. The van der Waals surface area contributed by atoms with Gasteiger partial charge >= 0.3 is 11.9 Å². The third kappa shape index (κ3) is 2.21. The SMILES string of the molecule is O=C(O)C1(C(=O)O)C=CC=CC=CC2=CC=CC=CN21. The molecule has 0 radical (unpaired) electrons. The van der Waals surface area contributed by atoms with Crippen molar-refractivity contribution < 1.29 is 19.8 Å². The second kappa shape index (κ2) is 5.44. The van der Waals surface area contributed by atoms with Gasteiger partial charge in [0.2, 0.25) is 0 Å². The molecule has 2 aliphatic rings. The Bertz CT molecular complexity index is 591. The minimum atomic E-state index is -2.19. The Morgan fingerprint density at radius 1 is 0.900 bits per heavy atom. The number of hydrogen-bond donors (Lipinski definition) is 2. The van der Waals surface area contributed by atoms with Crippen molar-refractivity contribution in [1.29, 1.82) is 0 Å². The summed E-state index contributed by atoms with van der Waals surface area (Å²) >= 11 is 0. The molecule has 0 fully saturated rings. The first-order valence-electron chi connectivity index (χ1n) is 5.93. The highest BCUT2D eigenvalue weighted by Gasteiger charge is 2.50. The van der Waals surface area contributed by atoms with E-state index >= 15 is 0 Å². The molecule has 5 nitrogen and oxygen atoms in total. The normalized spacial score (nSPS) is 19.4. The maximum Gasteiger partial charge on any atom is 0.345 e. The van der Waals surface area contributed by atoms with E-state index in [4.69, 9.17) is 0 Å². The number of carbonyl (C=O) groups is 2. The Morgan fingerprint density at radius 3 is 2.25 bits per heavy atom. The average molecular weight is 271 g/mol. The smallest absolute Gasteiger partial charge is 0.345 e. The largest absolute Gasteiger partial charge is 0.479 e. The molecule has 0 atom stereocenters. The van der Waals surface area contributed by atoms with Gasteiger partial charge in [-0.15, -0.1) is 0 Å². The van der Waals surface area contributed by atoms with Crippen molar-refractivity contribution in [3.05, 3.63) is 72.7 Å². The molecule has 0 amide bonds. The highest BCUT2D eigenvalue weighted by atomic mass is 16.4. The van der Waals surface area contributed by atoms with E-state index in [0.717, 1.165) is 6.08 Å². The Balaban J connectivity index is 2.71. The molecule has 2 N–H and O–H groups in total. The Morgan fingerprint density at radius 2 is 1.55 bits per heavy atom. The fourth-order valence-electron chi connectivity index (χ4n) is 1.98. The third-order valence-electron chi connectivity index (χ3n) is 2.97. The molecule has 0 saturated heterocycles. The van der Waals surface area contributed by atoms with E-state index in [1.54, 1.807) is 48.6 Å². The van der Waals surface area contributed by atoms with E-state index in [1.165, 1.54) is 17.2 Å². The topological polar surface area (TPSA) is 77.8 Å². The molecule has 2 aliphatic heterocycles. The number of hydrogen-bond acceptors (Lipinski definition) is 3. The average Bonchev–Trinajstić information content (AvgIpc) is 2.58. The predicted octanol–water partition coefficient (Wildman–Crippen LogP) is 1.85. The fourth-order valence-corrected chi connectivity index (χ4v) is 1.98. The summed E-state index contributed by atoms with van der Waals surface area (Å²) in [7, 11) is 0. The van der Waals surface area contributed by atoms with Gasteiger partial charge in [0.05, 0.1) is 0 Å².